The maximum atomic E-state index is 8.37. The number of rotatable bonds is 1. The van der Waals surface area contributed by atoms with E-state index in [0.29, 0.717) is 5.69 Å². The standard InChI is InChI=1S/C4H4ClNO2.C2H6/c5-4-6-3(1-7)2-8-4;1-2/h2,7H,1H2;1-2H3. The quantitative estimate of drug-likeness (QED) is 0.687. The summed E-state index contributed by atoms with van der Waals surface area (Å²) < 4.78 is 4.55. The van der Waals surface area contributed by atoms with E-state index in [9.17, 15) is 0 Å². The molecule has 0 radical (unpaired) electrons. The van der Waals surface area contributed by atoms with E-state index in [2.05, 4.69) is 9.40 Å². The Bertz CT molecular complexity index is 176. The van der Waals surface area contributed by atoms with E-state index in [1.54, 1.807) is 0 Å². The van der Waals surface area contributed by atoms with Gasteiger partial charge in [-0.3, -0.25) is 0 Å². The Morgan fingerprint density at radius 3 is 2.50 bits per heavy atom. The molecule has 4 heteroatoms. The highest BCUT2D eigenvalue weighted by atomic mass is 35.5. The number of hydrogen-bond donors (Lipinski definition) is 1. The lowest BCUT2D eigenvalue weighted by Crippen LogP contribution is -1.78. The minimum absolute atomic E-state index is 0.0639. The molecule has 0 saturated carbocycles. The predicted octanol–water partition coefficient (Wildman–Crippen LogP) is 1.85. The molecule has 0 atom stereocenters. The van der Waals surface area contributed by atoms with Crippen molar-refractivity contribution in [2.24, 2.45) is 0 Å². The first-order valence-corrected chi connectivity index (χ1v) is 3.41. The number of oxazole rings is 1. The molecule has 10 heavy (non-hydrogen) atoms. The lowest BCUT2D eigenvalue weighted by Gasteiger charge is -1.75. The summed E-state index contributed by atoms with van der Waals surface area (Å²) in [4.78, 5) is 3.58. The van der Waals surface area contributed by atoms with Crippen molar-refractivity contribution in [3.8, 4) is 0 Å². The minimum Gasteiger partial charge on any atom is -0.436 e. The summed E-state index contributed by atoms with van der Waals surface area (Å²) in [5.74, 6) is 0. The molecule has 1 N–H and O–H groups in total. The van der Waals surface area contributed by atoms with E-state index < -0.39 is 0 Å². The molecule has 1 aromatic heterocycles. The van der Waals surface area contributed by atoms with Gasteiger partial charge in [0, 0.05) is 0 Å². The van der Waals surface area contributed by atoms with Crippen molar-refractivity contribution in [1.29, 1.82) is 0 Å². The minimum atomic E-state index is -0.129. The molecule has 3 nitrogen and oxygen atoms in total. The Balaban J connectivity index is 0.000000371. The van der Waals surface area contributed by atoms with E-state index in [1.807, 2.05) is 13.8 Å². The van der Waals surface area contributed by atoms with E-state index in [0.717, 1.165) is 0 Å². The lowest BCUT2D eigenvalue weighted by atomic mass is 10.5. The summed E-state index contributed by atoms with van der Waals surface area (Å²) >= 11 is 5.25. The number of aliphatic hydroxyl groups excluding tert-OH is 1. The Hall–Kier alpha value is -0.540. The summed E-state index contributed by atoms with van der Waals surface area (Å²) in [6.45, 7) is 3.87. The first kappa shape index (κ1) is 9.46. The average Bonchev–Trinajstić information content (AvgIpc) is 2.40. The van der Waals surface area contributed by atoms with Crippen LogP contribution in [0.3, 0.4) is 0 Å². The first-order chi connectivity index (χ1) is 4.83. The van der Waals surface area contributed by atoms with Gasteiger partial charge in [0.05, 0.1) is 6.61 Å². The summed E-state index contributed by atoms with van der Waals surface area (Å²) in [6, 6.07) is 0. The van der Waals surface area contributed by atoms with Gasteiger partial charge in [-0.15, -0.1) is 0 Å². The van der Waals surface area contributed by atoms with E-state index >= 15 is 0 Å². The van der Waals surface area contributed by atoms with Crippen molar-refractivity contribution >= 4 is 11.6 Å². The number of aromatic nitrogens is 1. The van der Waals surface area contributed by atoms with Gasteiger partial charge in [0.1, 0.15) is 12.0 Å². The SMILES string of the molecule is CC.OCc1coc(Cl)n1. The van der Waals surface area contributed by atoms with Crippen molar-refractivity contribution in [1.82, 2.24) is 4.98 Å². The molecule has 0 fully saturated rings. The molecule has 0 saturated heterocycles. The molecule has 0 unspecified atom stereocenters. The second-order valence-electron chi connectivity index (χ2n) is 1.25. The van der Waals surface area contributed by atoms with Crippen LogP contribution in [0.1, 0.15) is 19.5 Å². The van der Waals surface area contributed by atoms with Gasteiger partial charge >= 0.3 is 0 Å². The zero-order valence-electron chi connectivity index (χ0n) is 5.97. The second-order valence-corrected chi connectivity index (χ2v) is 1.57. The molecule has 0 bridgehead atoms. The van der Waals surface area contributed by atoms with Crippen LogP contribution < -0.4 is 0 Å². The third kappa shape index (κ3) is 2.85. The molecule has 0 aliphatic heterocycles. The summed E-state index contributed by atoms with van der Waals surface area (Å²) in [5.41, 5.74) is 0.454. The Kier molecular flexibility index (Phi) is 4.98. The molecule has 0 aromatic carbocycles. The summed E-state index contributed by atoms with van der Waals surface area (Å²) in [7, 11) is 0. The van der Waals surface area contributed by atoms with Gasteiger partial charge in [-0.05, 0) is 11.6 Å². The third-order valence-corrected chi connectivity index (χ3v) is 0.859. The molecule has 1 aromatic rings. The van der Waals surface area contributed by atoms with Crippen LogP contribution >= 0.6 is 11.6 Å². The smallest absolute Gasteiger partial charge is 0.292 e. The van der Waals surface area contributed by atoms with Crippen molar-refractivity contribution in [2.75, 3.05) is 0 Å². The highest BCUT2D eigenvalue weighted by molar-refractivity contribution is 6.27. The number of hydrogen-bond acceptors (Lipinski definition) is 3. The van der Waals surface area contributed by atoms with Crippen LogP contribution in [-0.4, -0.2) is 10.1 Å². The maximum absolute atomic E-state index is 8.37. The van der Waals surface area contributed by atoms with Gasteiger partial charge < -0.3 is 9.52 Å². The topological polar surface area (TPSA) is 46.3 Å². The van der Waals surface area contributed by atoms with Crippen LogP contribution in [0.15, 0.2) is 10.7 Å². The van der Waals surface area contributed by atoms with Crippen molar-refractivity contribution in [3.05, 3.63) is 17.3 Å². The fourth-order valence-corrected chi connectivity index (χ4v) is 0.508. The first-order valence-electron chi connectivity index (χ1n) is 3.03. The van der Waals surface area contributed by atoms with Gasteiger partial charge in [0.25, 0.3) is 5.35 Å². The molecular weight excluding hydrogens is 154 g/mol. The molecule has 1 heterocycles. The Morgan fingerprint density at radius 1 is 1.70 bits per heavy atom. The van der Waals surface area contributed by atoms with Gasteiger partial charge in [-0.1, -0.05) is 13.8 Å². The molecule has 58 valence electrons. The van der Waals surface area contributed by atoms with Gasteiger partial charge in [0.15, 0.2) is 0 Å². The summed E-state index contributed by atoms with van der Waals surface area (Å²) in [5, 5.41) is 8.43. The van der Waals surface area contributed by atoms with Gasteiger partial charge in [-0.25, -0.2) is 4.98 Å². The molecule has 0 aliphatic carbocycles. The number of halogens is 1. The monoisotopic (exact) mass is 163 g/mol. The van der Waals surface area contributed by atoms with Gasteiger partial charge in [0.2, 0.25) is 0 Å². The van der Waals surface area contributed by atoms with Crippen molar-refractivity contribution in [3.63, 3.8) is 0 Å². The van der Waals surface area contributed by atoms with Crippen LogP contribution in [0.25, 0.3) is 0 Å². The van der Waals surface area contributed by atoms with Crippen LogP contribution in [-0.2, 0) is 6.61 Å². The molecule has 1 rings (SSSR count). The fourth-order valence-electron chi connectivity index (χ4n) is 0.355. The van der Waals surface area contributed by atoms with Crippen molar-refractivity contribution in [2.45, 2.75) is 20.5 Å². The number of nitrogens with zero attached hydrogens (tertiary/aromatic N) is 1. The average molecular weight is 164 g/mol. The van der Waals surface area contributed by atoms with E-state index in [-0.39, 0.29) is 12.0 Å². The van der Waals surface area contributed by atoms with Gasteiger partial charge in [-0.2, -0.15) is 0 Å². The highest BCUT2D eigenvalue weighted by Gasteiger charge is 1.95. The maximum Gasteiger partial charge on any atom is 0.292 e. The fraction of sp³-hybridized carbons (Fsp3) is 0.500. The van der Waals surface area contributed by atoms with Crippen LogP contribution in [0.4, 0.5) is 0 Å². The predicted molar refractivity (Wildman–Crippen MR) is 38.8 cm³/mol. The van der Waals surface area contributed by atoms with Crippen LogP contribution in [0, 0.1) is 0 Å². The molecule has 0 aliphatic rings. The Morgan fingerprint density at radius 2 is 2.30 bits per heavy atom. The molecule has 0 spiro atoms. The molecule has 0 amide bonds. The van der Waals surface area contributed by atoms with E-state index in [4.69, 9.17) is 16.7 Å². The van der Waals surface area contributed by atoms with E-state index in [1.165, 1.54) is 6.26 Å². The largest absolute Gasteiger partial charge is 0.436 e. The zero-order valence-corrected chi connectivity index (χ0v) is 6.72. The number of aliphatic hydroxyl groups is 1. The second kappa shape index (κ2) is 5.26. The van der Waals surface area contributed by atoms with Crippen LogP contribution in [0.2, 0.25) is 5.35 Å². The summed E-state index contributed by atoms with van der Waals surface area (Å²) in [6.07, 6.45) is 1.31. The lowest BCUT2D eigenvalue weighted by molar-refractivity contribution is 0.276. The third-order valence-electron chi connectivity index (χ3n) is 0.686. The Labute approximate surface area is 64.6 Å². The zero-order chi connectivity index (χ0) is 7.98. The highest BCUT2D eigenvalue weighted by Crippen LogP contribution is 2.06. The van der Waals surface area contributed by atoms with Crippen LogP contribution in [0.5, 0.6) is 0 Å². The normalized spacial score (nSPS) is 8.40. The molecular formula is C6H10ClNO2. The van der Waals surface area contributed by atoms with Crippen molar-refractivity contribution < 1.29 is 9.52 Å².